The molecular weight excluding hydrogens is 373 g/mol. The van der Waals surface area contributed by atoms with Crippen LogP contribution >= 0.6 is 0 Å². The number of rotatable bonds is 5. The quantitative estimate of drug-likeness (QED) is 0.843. The number of amides is 2. The Labute approximate surface area is 169 Å². The smallest absolute Gasteiger partial charge is 0.228 e. The number of anilines is 2. The Hall–Kier alpha value is -3.09. The van der Waals surface area contributed by atoms with E-state index in [1.807, 2.05) is 29.2 Å². The molecule has 1 aliphatic carbocycles. The summed E-state index contributed by atoms with van der Waals surface area (Å²) < 4.78 is 18.4. The van der Waals surface area contributed by atoms with Gasteiger partial charge in [-0.3, -0.25) is 9.59 Å². The highest BCUT2D eigenvalue weighted by Gasteiger charge is 2.49. The molecule has 6 nitrogen and oxygen atoms in total. The van der Waals surface area contributed by atoms with Gasteiger partial charge in [0.25, 0.3) is 0 Å². The van der Waals surface area contributed by atoms with Crippen molar-refractivity contribution in [2.24, 2.45) is 11.8 Å². The van der Waals surface area contributed by atoms with Crippen molar-refractivity contribution in [2.75, 3.05) is 43.5 Å². The van der Waals surface area contributed by atoms with Crippen LogP contribution in [0, 0.1) is 17.7 Å². The molecule has 2 amide bonds. The second kappa shape index (κ2) is 8.11. The summed E-state index contributed by atoms with van der Waals surface area (Å²) >= 11 is 0. The van der Waals surface area contributed by atoms with Crippen LogP contribution in [0.5, 0.6) is 5.75 Å². The Morgan fingerprint density at radius 1 is 1.03 bits per heavy atom. The Morgan fingerprint density at radius 2 is 1.76 bits per heavy atom. The standard InChI is InChI=1S/C22H24FN3O3/c1-29-18-7-5-17(6-8-18)25-9-11-26(12-10-25)22(28)20-14-19(20)21(27)24-16-4-2-3-15(23)13-16/h2-8,13,19-20H,9-12,14H2,1H3,(H,24,27). The Bertz CT molecular complexity index is 894. The zero-order valence-electron chi connectivity index (χ0n) is 16.3. The first kappa shape index (κ1) is 19.2. The van der Waals surface area contributed by atoms with Crippen molar-refractivity contribution >= 4 is 23.2 Å². The van der Waals surface area contributed by atoms with Crippen LogP contribution in [0.2, 0.25) is 0 Å². The summed E-state index contributed by atoms with van der Waals surface area (Å²) in [5.74, 6) is -0.356. The Morgan fingerprint density at radius 3 is 2.41 bits per heavy atom. The number of piperazine rings is 1. The number of carbonyl (C=O) groups excluding carboxylic acids is 2. The summed E-state index contributed by atoms with van der Waals surface area (Å²) in [5.41, 5.74) is 1.53. The molecule has 0 aromatic heterocycles. The third kappa shape index (κ3) is 4.34. The summed E-state index contributed by atoms with van der Waals surface area (Å²) in [4.78, 5) is 29.2. The molecule has 2 aromatic carbocycles. The summed E-state index contributed by atoms with van der Waals surface area (Å²) in [6.45, 7) is 2.79. The van der Waals surface area contributed by atoms with Crippen LogP contribution < -0.4 is 15.0 Å². The first-order chi connectivity index (χ1) is 14.0. The molecule has 2 aliphatic rings. The number of nitrogens with zero attached hydrogens (tertiary/aromatic N) is 2. The van der Waals surface area contributed by atoms with Gasteiger partial charge in [0, 0.05) is 37.6 Å². The molecule has 2 unspecified atom stereocenters. The van der Waals surface area contributed by atoms with Crippen LogP contribution in [0.15, 0.2) is 48.5 Å². The second-order valence-corrected chi connectivity index (χ2v) is 7.46. The van der Waals surface area contributed by atoms with E-state index < -0.39 is 5.82 Å². The number of hydrogen-bond donors (Lipinski definition) is 1. The minimum atomic E-state index is -0.402. The molecule has 4 rings (SSSR count). The molecule has 0 bridgehead atoms. The normalized spacial score (nSPS) is 20.9. The number of halogens is 1. The van der Waals surface area contributed by atoms with Gasteiger partial charge in [-0.05, 0) is 48.9 Å². The molecule has 1 heterocycles. The largest absolute Gasteiger partial charge is 0.497 e. The lowest BCUT2D eigenvalue weighted by atomic mass is 10.2. The molecular formula is C22H24FN3O3. The number of nitrogens with one attached hydrogen (secondary N) is 1. The van der Waals surface area contributed by atoms with Crippen molar-refractivity contribution in [3.8, 4) is 5.75 Å². The highest BCUT2D eigenvalue weighted by atomic mass is 19.1. The zero-order chi connectivity index (χ0) is 20.4. The molecule has 2 atom stereocenters. The number of benzene rings is 2. The van der Waals surface area contributed by atoms with Gasteiger partial charge in [0.2, 0.25) is 11.8 Å². The van der Waals surface area contributed by atoms with Crippen molar-refractivity contribution in [2.45, 2.75) is 6.42 Å². The van der Waals surface area contributed by atoms with Gasteiger partial charge in [-0.15, -0.1) is 0 Å². The highest BCUT2D eigenvalue weighted by Crippen LogP contribution is 2.41. The predicted molar refractivity (Wildman–Crippen MR) is 108 cm³/mol. The minimum Gasteiger partial charge on any atom is -0.497 e. The minimum absolute atomic E-state index is 0.0405. The van der Waals surface area contributed by atoms with E-state index in [0.29, 0.717) is 25.2 Å². The molecule has 2 fully saturated rings. The third-order valence-corrected chi connectivity index (χ3v) is 5.57. The number of methoxy groups -OCH3 is 1. The van der Waals surface area contributed by atoms with Crippen molar-refractivity contribution in [3.63, 3.8) is 0 Å². The molecule has 2 aromatic rings. The van der Waals surface area contributed by atoms with E-state index in [2.05, 4.69) is 10.2 Å². The first-order valence-corrected chi connectivity index (χ1v) is 9.79. The third-order valence-electron chi connectivity index (χ3n) is 5.57. The van der Waals surface area contributed by atoms with Gasteiger partial charge in [0.1, 0.15) is 11.6 Å². The maximum absolute atomic E-state index is 13.3. The van der Waals surface area contributed by atoms with Crippen molar-refractivity contribution in [1.82, 2.24) is 4.90 Å². The molecule has 1 aliphatic heterocycles. The van der Waals surface area contributed by atoms with E-state index in [1.165, 1.54) is 12.1 Å². The van der Waals surface area contributed by atoms with Gasteiger partial charge >= 0.3 is 0 Å². The zero-order valence-corrected chi connectivity index (χ0v) is 16.3. The fourth-order valence-electron chi connectivity index (χ4n) is 3.77. The Kier molecular flexibility index (Phi) is 5.38. The molecule has 0 spiro atoms. The van der Waals surface area contributed by atoms with Crippen LogP contribution in [0.25, 0.3) is 0 Å². The average Bonchev–Trinajstić information content (AvgIpc) is 3.55. The van der Waals surface area contributed by atoms with E-state index in [9.17, 15) is 14.0 Å². The van der Waals surface area contributed by atoms with E-state index in [0.717, 1.165) is 24.5 Å². The predicted octanol–water partition coefficient (Wildman–Crippen LogP) is 2.76. The lowest BCUT2D eigenvalue weighted by Crippen LogP contribution is -2.49. The maximum atomic E-state index is 13.3. The lowest BCUT2D eigenvalue weighted by molar-refractivity contribution is -0.134. The summed E-state index contributed by atoms with van der Waals surface area (Å²) in [6, 6.07) is 13.7. The maximum Gasteiger partial charge on any atom is 0.228 e. The summed E-state index contributed by atoms with van der Waals surface area (Å²) in [5, 5.41) is 2.70. The first-order valence-electron chi connectivity index (χ1n) is 9.79. The van der Waals surface area contributed by atoms with Gasteiger partial charge in [-0.25, -0.2) is 4.39 Å². The monoisotopic (exact) mass is 397 g/mol. The van der Waals surface area contributed by atoms with Gasteiger partial charge in [-0.2, -0.15) is 0 Å². The lowest BCUT2D eigenvalue weighted by Gasteiger charge is -2.36. The topological polar surface area (TPSA) is 61.9 Å². The summed E-state index contributed by atoms with van der Waals surface area (Å²) in [7, 11) is 1.64. The van der Waals surface area contributed by atoms with Crippen LogP contribution in [-0.2, 0) is 9.59 Å². The van der Waals surface area contributed by atoms with Gasteiger partial charge in [0.15, 0.2) is 0 Å². The van der Waals surface area contributed by atoms with Gasteiger partial charge < -0.3 is 19.9 Å². The molecule has 29 heavy (non-hydrogen) atoms. The van der Waals surface area contributed by atoms with Gasteiger partial charge in [-0.1, -0.05) is 6.07 Å². The second-order valence-electron chi connectivity index (χ2n) is 7.46. The molecule has 0 radical (unpaired) electrons. The molecule has 1 saturated carbocycles. The van der Waals surface area contributed by atoms with Crippen molar-refractivity contribution in [3.05, 3.63) is 54.3 Å². The van der Waals surface area contributed by atoms with Crippen LogP contribution in [0.3, 0.4) is 0 Å². The van der Waals surface area contributed by atoms with Crippen LogP contribution in [0.1, 0.15) is 6.42 Å². The summed E-state index contributed by atoms with van der Waals surface area (Å²) in [6.07, 6.45) is 0.554. The van der Waals surface area contributed by atoms with Gasteiger partial charge in [0.05, 0.1) is 18.9 Å². The van der Waals surface area contributed by atoms with E-state index in [1.54, 1.807) is 19.2 Å². The average molecular weight is 397 g/mol. The SMILES string of the molecule is COc1ccc(N2CCN(C(=O)C3CC3C(=O)Nc3cccc(F)c3)CC2)cc1. The molecule has 7 heteroatoms. The highest BCUT2D eigenvalue weighted by molar-refractivity contribution is 5.99. The fourth-order valence-corrected chi connectivity index (χ4v) is 3.77. The van der Waals surface area contributed by atoms with E-state index in [-0.39, 0.29) is 23.7 Å². The van der Waals surface area contributed by atoms with Crippen molar-refractivity contribution in [1.29, 1.82) is 0 Å². The number of ether oxygens (including phenoxy) is 1. The molecule has 152 valence electrons. The van der Waals surface area contributed by atoms with E-state index >= 15 is 0 Å². The number of hydrogen-bond acceptors (Lipinski definition) is 4. The molecule has 1 saturated heterocycles. The van der Waals surface area contributed by atoms with E-state index in [4.69, 9.17) is 4.74 Å². The van der Waals surface area contributed by atoms with Crippen LogP contribution in [0.4, 0.5) is 15.8 Å². The van der Waals surface area contributed by atoms with Crippen LogP contribution in [-0.4, -0.2) is 50.0 Å². The number of carbonyl (C=O) groups is 2. The molecule has 1 N–H and O–H groups in total. The Balaban J connectivity index is 1.27. The van der Waals surface area contributed by atoms with Crippen molar-refractivity contribution < 1.29 is 18.7 Å². The fraction of sp³-hybridized carbons (Fsp3) is 0.364.